The Labute approximate surface area is 60.7 Å². The van der Waals surface area contributed by atoms with Crippen molar-refractivity contribution in [1.29, 1.82) is 0 Å². The molecule has 0 aliphatic carbocycles. The Balaban J connectivity index is 2.62. The van der Waals surface area contributed by atoms with Gasteiger partial charge in [-0.05, 0) is 0 Å². The lowest BCUT2D eigenvalue weighted by Gasteiger charge is -2.04. The van der Waals surface area contributed by atoms with Gasteiger partial charge in [0.1, 0.15) is 0 Å². The highest BCUT2D eigenvalue weighted by Gasteiger charge is 2.15. The van der Waals surface area contributed by atoms with E-state index >= 15 is 0 Å². The Morgan fingerprint density at radius 2 is 2.20 bits per heavy atom. The van der Waals surface area contributed by atoms with Crippen molar-refractivity contribution in [3.05, 3.63) is 11.8 Å². The first-order chi connectivity index (χ1) is 4.70. The van der Waals surface area contributed by atoms with Gasteiger partial charge in [-0.3, -0.25) is 4.79 Å². The zero-order valence-corrected chi connectivity index (χ0v) is 6.35. The van der Waals surface area contributed by atoms with Crippen LogP contribution in [0.25, 0.3) is 0 Å². The molecule has 0 spiro atoms. The summed E-state index contributed by atoms with van der Waals surface area (Å²) >= 11 is 0. The van der Waals surface area contributed by atoms with Gasteiger partial charge in [0, 0.05) is 32.4 Å². The zero-order valence-electron chi connectivity index (χ0n) is 6.35. The van der Waals surface area contributed by atoms with E-state index in [-0.39, 0.29) is 5.78 Å². The molecule has 1 fully saturated rings. The number of rotatable bonds is 1. The van der Waals surface area contributed by atoms with Crippen molar-refractivity contribution in [3.8, 4) is 0 Å². The largest absolute Gasteiger partial charge is 0.383 e. The molecule has 3 heteroatoms. The predicted molar refractivity (Wildman–Crippen MR) is 39.6 cm³/mol. The molecular formula is C7H12N2O. The van der Waals surface area contributed by atoms with Gasteiger partial charge >= 0.3 is 0 Å². The number of Topliss-reactive ketones (excluding diaryl/α,β-unsaturated/α-hetero) is 1. The monoisotopic (exact) mass is 140 g/mol. The predicted octanol–water partition coefficient (Wildman–Crippen LogP) is -0.396. The third-order valence-electron chi connectivity index (χ3n) is 1.37. The summed E-state index contributed by atoms with van der Waals surface area (Å²) < 4.78 is 0. The van der Waals surface area contributed by atoms with E-state index in [1.54, 1.807) is 0 Å². The zero-order chi connectivity index (χ0) is 7.56. The number of carbonyl (C=O) groups is 1. The molecule has 1 saturated heterocycles. The standard InChI is InChI=1S/C7H12N2O/c1-9(2)5-6-3-8-4-7(6)10/h5,8H,3-4H2,1-2H3/b6-5+. The molecule has 0 aromatic heterocycles. The third-order valence-corrected chi connectivity index (χ3v) is 1.37. The van der Waals surface area contributed by atoms with Crippen molar-refractivity contribution in [2.75, 3.05) is 27.2 Å². The van der Waals surface area contributed by atoms with Crippen LogP contribution in [-0.4, -0.2) is 37.9 Å². The highest BCUT2D eigenvalue weighted by atomic mass is 16.1. The minimum Gasteiger partial charge on any atom is -0.383 e. The van der Waals surface area contributed by atoms with Gasteiger partial charge in [0.15, 0.2) is 5.78 Å². The molecule has 0 saturated carbocycles. The molecule has 0 aromatic rings. The molecule has 1 aliphatic heterocycles. The third kappa shape index (κ3) is 1.57. The van der Waals surface area contributed by atoms with Gasteiger partial charge in [0.05, 0.1) is 6.54 Å². The van der Waals surface area contributed by atoms with Gasteiger partial charge in [-0.2, -0.15) is 0 Å². The van der Waals surface area contributed by atoms with Crippen LogP contribution in [0.1, 0.15) is 0 Å². The van der Waals surface area contributed by atoms with Crippen molar-refractivity contribution >= 4 is 5.78 Å². The number of carbonyl (C=O) groups excluding carboxylic acids is 1. The van der Waals surface area contributed by atoms with E-state index in [0.29, 0.717) is 6.54 Å². The summed E-state index contributed by atoms with van der Waals surface area (Å²) in [5, 5.41) is 2.98. The second-order valence-electron chi connectivity index (χ2n) is 2.64. The molecule has 1 N–H and O–H groups in total. The highest BCUT2D eigenvalue weighted by Crippen LogP contribution is 2.01. The van der Waals surface area contributed by atoms with Crippen LogP contribution in [-0.2, 0) is 4.79 Å². The first-order valence-electron chi connectivity index (χ1n) is 3.31. The maximum atomic E-state index is 11.0. The summed E-state index contributed by atoms with van der Waals surface area (Å²) in [5.74, 6) is 0.216. The van der Waals surface area contributed by atoms with Crippen molar-refractivity contribution in [2.45, 2.75) is 0 Å². The van der Waals surface area contributed by atoms with E-state index in [1.807, 2.05) is 25.2 Å². The second-order valence-corrected chi connectivity index (χ2v) is 2.64. The van der Waals surface area contributed by atoms with Crippen LogP contribution < -0.4 is 5.32 Å². The number of ketones is 1. The van der Waals surface area contributed by atoms with Gasteiger partial charge in [-0.15, -0.1) is 0 Å². The lowest BCUT2D eigenvalue weighted by Crippen LogP contribution is -2.07. The number of hydrogen-bond acceptors (Lipinski definition) is 3. The number of nitrogens with zero attached hydrogens (tertiary/aromatic N) is 1. The SMILES string of the molecule is CN(C)/C=C1\CNCC1=O. The molecule has 0 bridgehead atoms. The summed E-state index contributed by atoms with van der Waals surface area (Å²) in [7, 11) is 3.83. The summed E-state index contributed by atoms with van der Waals surface area (Å²) in [6, 6.07) is 0. The average molecular weight is 140 g/mol. The average Bonchev–Trinajstić information content (AvgIpc) is 2.15. The fraction of sp³-hybridized carbons (Fsp3) is 0.571. The maximum absolute atomic E-state index is 11.0. The topological polar surface area (TPSA) is 32.3 Å². The van der Waals surface area contributed by atoms with Crippen molar-refractivity contribution in [3.63, 3.8) is 0 Å². The highest BCUT2D eigenvalue weighted by molar-refractivity contribution is 5.99. The minimum atomic E-state index is 0.216. The summed E-state index contributed by atoms with van der Waals surface area (Å²) in [4.78, 5) is 12.8. The van der Waals surface area contributed by atoms with Crippen LogP contribution in [0.15, 0.2) is 11.8 Å². The van der Waals surface area contributed by atoms with Crippen LogP contribution in [0.5, 0.6) is 0 Å². The van der Waals surface area contributed by atoms with Crippen LogP contribution in [0, 0.1) is 0 Å². The number of hydrogen-bond donors (Lipinski definition) is 1. The maximum Gasteiger partial charge on any atom is 0.175 e. The fourth-order valence-corrected chi connectivity index (χ4v) is 0.952. The fourth-order valence-electron chi connectivity index (χ4n) is 0.952. The molecule has 1 rings (SSSR count). The van der Waals surface area contributed by atoms with Gasteiger partial charge in [-0.25, -0.2) is 0 Å². The molecule has 1 heterocycles. The Bertz CT molecular complexity index is 172. The van der Waals surface area contributed by atoms with Crippen LogP contribution >= 0.6 is 0 Å². The lowest BCUT2D eigenvalue weighted by molar-refractivity contribution is -0.113. The summed E-state index contributed by atoms with van der Waals surface area (Å²) in [6.45, 7) is 1.22. The Kier molecular flexibility index (Phi) is 2.06. The molecule has 0 radical (unpaired) electrons. The molecule has 0 unspecified atom stereocenters. The molecule has 0 atom stereocenters. The molecule has 56 valence electrons. The van der Waals surface area contributed by atoms with Gasteiger partial charge < -0.3 is 10.2 Å². The van der Waals surface area contributed by atoms with E-state index in [4.69, 9.17) is 0 Å². The van der Waals surface area contributed by atoms with Gasteiger partial charge in [-0.1, -0.05) is 0 Å². The summed E-state index contributed by atoms with van der Waals surface area (Å²) in [5.41, 5.74) is 0.880. The van der Waals surface area contributed by atoms with E-state index < -0.39 is 0 Å². The Morgan fingerprint density at radius 3 is 2.60 bits per heavy atom. The van der Waals surface area contributed by atoms with Crippen LogP contribution in [0.2, 0.25) is 0 Å². The van der Waals surface area contributed by atoms with E-state index in [1.165, 1.54) is 0 Å². The molecular weight excluding hydrogens is 128 g/mol. The number of nitrogens with one attached hydrogen (secondary N) is 1. The van der Waals surface area contributed by atoms with Gasteiger partial charge in [0.2, 0.25) is 0 Å². The van der Waals surface area contributed by atoms with E-state index in [0.717, 1.165) is 12.1 Å². The van der Waals surface area contributed by atoms with Crippen LogP contribution in [0.4, 0.5) is 0 Å². The smallest absolute Gasteiger partial charge is 0.175 e. The minimum absolute atomic E-state index is 0.216. The first kappa shape index (κ1) is 7.28. The quantitative estimate of drug-likeness (QED) is 0.503. The molecule has 0 amide bonds. The normalized spacial score (nSPS) is 22.2. The summed E-state index contributed by atoms with van der Waals surface area (Å²) in [6.07, 6.45) is 1.86. The molecule has 3 nitrogen and oxygen atoms in total. The van der Waals surface area contributed by atoms with E-state index in [9.17, 15) is 4.79 Å². The lowest BCUT2D eigenvalue weighted by atomic mass is 10.2. The van der Waals surface area contributed by atoms with Crippen molar-refractivity contribution in [2.24, 2.45) is 0 Å². The van der Waals surface area contributed by atoms with Gasteiger partial charge in [0.25, 0.3) is 0 Å². The molecule has 10 heavy (non-hydrogen) atoms. The Morgan fingerprint density at radius 1 is 1.50 bits per heavy atom. The molecule has 1 aliphatic rings. The van der Waals surface area contributed by atoms with Crippen molar-refractivity contribution in [1.82, 2.24) is 10.2 Å². The first-order valence-corrected chi connectivity index (χ1v) is 3.31. The van der Waals surface area contributed by atoms with Crippen molar-refractivity contribution < 1.29 is 4.79 Å². The van der Waals surface area contributed by atoms with Crippen LogP contribution in [0.3, 0.4) is 0 Å². The molecule has 0 aromatic carbocycles. The second kappa shape index (κ2) is 2.84. The Hall–Kier alpha value is -0.830. The van der Waals surface area contributed by atoms with E-state index in [2.05, 4.69) is 5.32 Å².